The van der Waals surface area contributed by atoms with Crippen LogP contribution < -0.4 is 0 Å². The normalized spacial score (nSPS) is 13.5. The lowest BCUT2D eigenvalue weighted by Crippen LogP contribution is -2.26. The van der Waals surface area contributed by atoms with Crippen LogP contribution in [-0.4, -0.2) is 14.5 Å². The molecule has 54 heavy (non-hydrogen) atoms. The summed E-state index contributed by atoms with van der Waals surface area (Å²) in [5.74, 6) is 0.737. The van der Waals surface area contributed by atoms with E-state index in [0.29, 0.717) is 0 Å². The SMILES string of the molecule is CC1(C)c2cc(-c3nc(-c4cccc5ccccc45)c4ccccc4n3)ccc2-n2c3cc4c5ccccc5c5ccccc5c4cc3c3cccc1c32. The molecule has 0 bridgehead atoms. The Morgan fingerprint density at radius 1 is 0.444 bits per heavy atom. The highest BCUT2D eigenvalue weighted by Gasteiger charge is 2.36. The second-order valence-electron chi connectivity index (χ2n) is 15.3. The van der Waals surface area contributed by atoms with E-state index >= 15 is 0 Å². The number of para-hydroxylation sites is 2. The largest absolute Gasteiger partial charge is 0.309 e. The van der Waals surface area contributed by atoms with E-state index in [9.17, 15) is 0 Å². The molecule has 11 aromatic rings. The maximum absolute atomic E-state index is 5.38. The van der Waals surface area contributed by atoms with Crippen molar-refractivity contribution < 1.29 is 0 Å². The predicted octanol–water partition coefficient (Wildman–Crippen LogP) is 13.3. The van der Waals surface area contributed by atoms with Crippen LogP contribution in [0.4, 0.5) is 0 Å². The van der Waals surface area contributed by atoms with Crippen molar-refractivity contribution in [2.45, 2.75) is 19.3 Å². The van der Waals surface area contributed by atoms with Crippen molar-refractivity contribution in [1.29, 1.82) is 0 Å². The van der Waals surface area contributed by atoms with Gasteiger partial charge in [-0.2, -0.15) is 0 Å². The highest BCUT2D eigenvalue weighted by molar-refractivity contribution is 6.29. The zero-order chi connectivity index (χ0) is 35.7. The number of nitrogens with zero attached hydrogens (tertiary/aromatic N) is 3. The molecule has 3 heterocycles. The Balaban J connectivity index is 1.13. The third-order valence-electron chi connectivity index (χ3n) is 12.1. The van der Waals surface area contributed by atoms with E-state index in [4.69, 9.17) is 9.97 Å². The fraction of sp³-hybridized carbons (Fsp3) is 0.0588. The standard InChI is InChI=1S/C51H33N3/c1-51(2)43-23-12-22-38-42-28-40-35-18-7-5-16-33(35)34-17-6-8-19-36(34)41(40)29-47(42)54(49(38)43)46-26-25-31(27-44(46)51)50-52-45-24-10-9-20-39(45)48(53-50)37-21-11-14-30-13-3-4-15-32(30)37/h3-29H,1-2H3. The zero-order valence-electron chi connectivity index (χ0n) is 29.9. The Bertz CT molecular complexity index is 3420. The van der Waals surface area contributed by atoms with Gasteiger partial charge in [-0.25, -0.2) is 9.97 Å². The van der Waals surface area contributed by atoms with E-state index in [0.717, 1.165) is 33.5 Å². The Kier molecular flexibility index (Phi) is 5.84. The van der Waals surface area contributed by atoms with Crippen LogP contribution in [0, 0.1) is 0 Å². The molecule has 252 valence electrons. The van der Waals surface area contributed by atoms with Crippen molar-refractivity contribution in [3.63, 3.8) is 0 Å². The number of fused-ring (bicyclic) bond motifs is 13. The molecule has 3 heteroatoms. The third kappa shape index (κ3) is 3.91. The van der Waals surface area contributed by atoms with Gasteiger partial charge >= 0.3 is 0 Å². The predicted molar refractivity (Wildman–Crippen MR) is 227 cm³/mol. The Morgan fingerprint density at radius 2 is 1.06 bits per heavy atom. The molecular formula is C51H33N3. The fourth-order valence-electron chi connectivity index (χ4n) is 9.58. The monoisotopic (exact) mass is 687 g/mol. The van der Waals surface area contributed by atoms with Crippen molar-refractivity contribution in [1.82, 2.24) is 14.5 Å². The van der Waals surface area contributed by atoms with Crippen LogP contribution in [0.3, 0.4) is 0 Å². The molecule has 0 spiro atoms. The molecule has 0 unspecified atom stereocenters. The number of hydrogen-bond acceptors (Lipinski definition) is 2. The molecular weight excluding hydrogens is 655 g/mol. The number of rotatable bonds is 2. The van der Waals surface area contributed by atoms with E-state index in [2.05, 4.69) is 182 Å². The van der Waals surface area contributed by atoms with Gasteiger partial charge in [-0.05, 0) is 90.6 Å². The summed E-state index contributed by atoms with van der Waals surface area (Å²) in [4.78, 5) is 10.6. The van der Waals surface area contributed by atoms with Crippen LogP contribution in [0.25, 0.3) is 104 Å². The van der Waals surface area contributed by atoms with Crippen molar-refractivity contribution in [3.8, 4) is 28.3 Å². The van der Waals surface area contributed by atoms with Crippen LogP contribution in [0.1, 0.15) is 25.0 Å². The number of benzene rings is 9. The van der Waals surface area contributed by atoms with Gasteiger partial charge in [0.25, 0.3) is 0 Å². The molecule has 0 N–H and O–H groups in total. The van der Waals surface area contributed by atoms with Gasteiger partial charge in [0, 0.05) is 32.7 Å². The van der Waals surface area contributed by atoms with Crippen LogP contribution in [-0.2, 0) is 5.41 Å². The van der Waals surface area contributed by atoms with Gasteiger partial charge in [-0.15, -0.1) is 0 Å². The molecule has 12 rings (SSSR count). The zero-order valence-corrected chi connectivity index (χ0v) is 29.9. The second-order valence-corrected chi connectivity index (χ2v) is 15.3. The molecule has 9 aromatic carbocycles. The molecule has 0 saturated heterocycles. The van der Waals surface area contributed by atoms with Gasteiger partial charge in [-0.1, -0.05) is 141 Å². The maximum Gasteiger partial charge on any atom is 0.160 e. The molecule has 0 amide bonds. The molecule has 2 aromatic heterocycles. The summed E-state index contributed by atoms with van der Waals surface area (Å²) < 4.78 is 2.52. The minimum atomic E-state index is -0.261. The Labute approximate surface area is 311 Å². The molecule has 1 aliphatic rings. The number of hydrogen-bond donors (Lipinski definition) is 0. The summed E-state index contributed by atoms with van der Waals surface area (Å²) in [5.41, 5.74) is 10.1. The quantitative estimate of drug-likeness (QED) is 0.169. The number of aromatic nitrogens is 3. The van der Waals surface area contributed by atoms with E-state index in [1.54, 1.807) is 0 Å². The first-order valence-electron chi connectivity index (χ1n) is 18.8. The summed E-state index contributed by atoms with van der Waals surface area (Å²) in [6, 6.07) is 59.8. The van der Waals surface area contributed by atoms with Crippen LogP contribution in [0.2, 0.25) is 0 Å². The highest BCUT2D eigenvalue weighted by atomic mass is 15.0. The molecule has 0 saturated carbocycles. The molecule has 0 radical (unpaired) electrons. The van der Waals surface area contributed by atoms with Crippen molar-refractivity contribution in [2.75, 3.05) is 0 Å². The summed E-state index contributed by atoms with van der Waals surface area (Å²) >= 11 is 0. The smallest absolute Gasteiger partial charge is 0.160 e. The van der Waals surface area contributed by atoms with Gasteiger partial charge < -0.3 is 4.57 Å². The van der Waals surface area contributed by atoms with Gasteiger partial charge in [-0.3, -0.25) is 0 Å². The van der Waals surface area contributed by atoms with Crippen LogP contribution in [0.5, 0.6) is 0 Å². The van der Waals surface area contributed by atoms with Crippen molar-refractivity contribution >= 4 is 75.8 Å². The summed E-state index contributed by atoms with van der Waals surface area (Å²) in [7, 11) is 0. The van der Waals surface area contributed by atoms with Gasteiger partial charge in [0.2, 0.25) is 0 Å². The lowest BCUT2D eigenvalue weighted by Gasteiger charge is -2.35. The first-order valence-corrected chi connectivity index (χ1v) is 18.8. The Morgan fingerprint density at radius 3 is 1.83 bits per heavy atom. The van der Waals surface area contributed by atoms with Crippen LogP contribution >= 0.6 is 0 Å². The summed E-state index contributed by atoms with van der Waals surface area (Å²) in [6.07, 6.45) is 0. The lowest BCUT2D eigenvalue weighted by molar-refractivity contribution is 0.630. The average molecular weight is 688 g/mol. The van der Waals surface area contributed by atoms with Gasteiger partial charge in [0.05, 0.1) is 27.9 Å². The first kappa shape index (κ1) is 29.7. The molecule has 0 atom stereocenters. The molecule has 1 aliphatic heterocycles. The minimum Gasteiger partial charge on any atom is -0.309 e. The minimum absolute atomic E-state index is 0.261. The summed E-state index contributed by atoms with van der Waals surface area (Å²) in [6.45, 7) is 4.73. The molecule has 3 nitrogen and oxygen atoms in total. The Hall–Kier alpha value is -6.84. The van der Waals surface area contributed by atoms with Gasteiger partial charge in [0.1, 0.15) is 0 Å². The van der Waals surface area contributed by atoms with E-state index < -0.39 is 0 Å². The van der Waals surface area contributed by atoms with E-state index in [1.165, 1.54) is 81.7 Å². The van der Waals surface area contributed by atoms with Crippen LogP contribution in [0.15, 0.2) is 164 Å². The van der Waals surface area contributed by atoms with E-state index in [-0.39, 0.29) is 5.41 Å². The molecule has 0 aliphatic carbocycles. The van der Waals surface area contributed by atoms with Gasteiger partial charge in [0.15, 0.2) is 5.82 Å². The lowest BCUT2D eigenvalue weighted by atomic mass is 9.74. The third-order valence-corrected chi connectivity index (χ3v) is 12.1. The molecule has 0 fully saturated rings. The highest BCUT2D eigenvalue weighted by Crippen LogP contribution is 2.50. The maximum atomic E-state index is 5.38. The average Bonchev–Trinajstić information content (AvgIpc) is 3.55. The van der Waals surface area contributed by atoms with Crippen molar-refractivity contribution in [3.05, 3.63) is 175 Å². The fourth-order valence-corrected chi connectivity index (χ4v) is 9.58. The first-order chi connectivity index (χ1) is 26.5. The van der Waals surface area contributed by atoms with Crippen molar-refractivity contribution in [2.24, 2.45) is 0 Å². The topological polar surface area (TPSA) is 30.7 Å². The second kappa shape index (κ2) is 10.6. The summed E-state index contributed by atoms with van der Waals surface area (Å²) in [5, 5.41) is 13.8. The van der Waals surface area contributed by atoms with E-state index in [1.807, 2.05) is 0 Å².